The highest BCUT2D eigenvalue weighted by atomic mass is 16.5. The second-order valence-electron chi connectivity index (χ2n) is 6.48. The van der Waals surface area contributed by atoms with Gasteiger partial charge in [0.25, 0.3) is 0 Å². The fraction of sp³-hybridized carbons (Fsp3) is 0.474. The number of benzene rings is 1. The van der Waals surface area contributed by atoms with Crippen LogP contribution in [0.3, 0.4) is 0 Å². The molecule has 0 fully saturated rings. The average Bonchev–Trinajstić information content (AvgIpc) is 2.57. The standard InChI is InChI=1S/C19H26N2O4/c1-5-10-24-15-8-6-14(7-9-15)17-16(13(4)20-19(23)21-17)18(22)25-11-12(2)3/h6-9,12,17H,5,10-11H2,1-4H3,(H2,20,21,23). The molecule has 1 heterocycles. The van der Waals surface area contributed by atoms with Crippen LogP contribution in [-0.4, -0.2) is 25.2 Å². The summed E-state index contributed by atoms with van der Waals surface area (Å²) >= 11 is 0. The molecule has 25 heavy (non-hydrogen) atoms. The highest BCUT2D eigenvalue weighted by Crippen LogP contribution is 2.29. The van der Waals surface area contributed by atoms with Gasteiger partial charge in [-0.05, 0) is 37.0 Å². The summed E-state index contributed by atoms with van der Waals surface area (Å²) < 4.78 is 10.9. The Kier molecular flexibility index (Phi) is 6.44. The zero-order valence-electron chi connectivity index (χ0n) is 15.2. The SMILES string of the molecule is CCCOc1ccc(C2NC(=O)NC(C)=C2C(=O)OCC(C)C)cc1. The third-order valence-corrected chi connectivity index (χ3v) is 3.72. The van der Waals surface area contributed by atoms with Gasteiger partial charge >= 0.3 is 12.0 Å². The number of esters is 1. The fourth-order valence-electron chi connectivity index (χ4n) is 2.51. The van der Waals surface area contributed by atoms with E-state index in [1.165, 1.54) is 0 Å². The van der Waals surface area contributed by atoms with Crippen molar-refractivity contribution in [3.8, 4) is 5.75 Å². The molecule has 1 aliphatic heterocycles. The van der Waals surface area contributed by atoms with Crippen molar-refractivity contribution in [2.24, 2.45) is 5.92 Å². The van der Waals surface area contributed by atoms with E-state index in [0.717, 1.165) is 17.7 Å². The topological polar surface area (TPSA) is 76.7 Å². The molecule has 1 aliphatic rings. The van der Waals surface area contributed by atoms with Crippen LogP contribution in [0.5, 0.6) is 5.75 Å². The smallest absolute Gasteiger partial charge is 0.338 e. The lowest BCUT2D eigenvalue weighted by Crippen LogP contribution is -2.45. The van der Waals surface area contributed by atoms with Gasteiger partial charge in [0.2, 0.25) is 0 Å². The van der Waals surface area contributed by atoms with Crippen molar-refractivity contribution in [2.45, 2.75) is 40.2 Å². The molecule has 0 aliphatic carbocycles. The van der Waals surface area contributed by atoms with Crippen LogP contribution in [0.4, 0.5) is 4.79 Å². The van der Waals surface area contributed by atoms with Crippen molar-refractivity contribution in [2.75, 3.05) is 13.2 Å². The summed E-state index contributed by atoms with van der Waals surface area (Å²) in [5, 5.41) is 5.44. The molecule has 1 aromatic rings. The van der Waals surface area contributed by atoms with E-state index in [0.29, 0.717) is 24.5 Å². The molecule has 2 rings (SSSR count). The summed E-state index contributed by atoms with van der Waals surface area (Å²) in [6.07, 6.45) is 0.930. The number of allylic oxidation sites excluding steroid dienone is 1. The molecule has 1 unspecified atom stereocenters. The summed E-state index contributed by atoms with van der Waals surface area (Å²) in [6, 6.07) is 6.49. The van der Waals surface area contributed by atoms with Crippen molar-refractivity contribution in [3.05, 3.63) is 41.1 Å². The Hall–Kier alpha value is -2.50. The van der Waals surface area contributed by atoms with Gasteiger partial charge in [-0.2, -0.15) is 0 Å². The van der Waals surface area contributed by atoms with Crippen molar-refractivity contribution in [1.29, 1.82) is 0 Å². The molecule has 136 valence electrons. The van der Waals surface area contributed by atoms with E-state index in [1.807, 2.05) is 45.0 Å². The Morgan fingerprint density at radius 3 is 2.52 bits per heavy atom. The highest BCUT2D eigenvalue weighted by molar-refractivity contribution is 5.95. The van der Waals surface area contributed by atoms with Gasteiger partial charge in [0, 0.05) is 5.70 Å². The maximum atomic E-state index is 12.5. The van der Waals surface area contributed by atoms with Gasteiger partial charge in [-0.25, -0.2) is 9.59 Å². The third-order valence-electron chi connectivity index (χ3n) is 3.72. The first-order valence-corrected chi connectivity index (χ1v) is 8.60. The molecule has 0 spiro atoms. The maximum absolute atomic E-state index is 12.5. The number of ether oxygens (including phenoxy) is 2. The van der Waals surface area contributed by atoms with Crippen LogP contribution in [0.2, 0.25) is 0 Å². The third kappa shape index (κ3) is 4.98. The van der Waals surface area contributed by atoms with E-state index < -0.39 is 12.0 Å². The Labute approximate surface area is 148 Å². The second kappa shape index (κ2) is 8.55. The number of urea groups is 1. The number of hydrogen-bond acceptors (Lipinski definition) is 4. The number of amides is 2. The second-order valence-corrected chi connectivity index (χ2v) is 6.48. The molecule has 2 amide bonds. The molecule has 0 bridgehead atoms. The minimum Gasteiger partial charge on any atom is -0.494 e. The first-order valence-electron chi connectivity index (χ1n) is 8.60. The van der Waals surface area contributed by atoms with Gasteiger partial charge in [0.05, 0.1) is 24.8 Å². The summed E-state index contributed by atoms with van der Waals surface area (Å²) in [5.41, 5.74) is 1.73. The molecule has 1 aromatic carbocycles. The number of hydrogen-bond donors (Lipinski definition) is 2. The number of rotatable bonds is 7. The Bertz CT molecular complexity index is 650. The highest BCUT2D eigenvalue weighted by Gasteiger charge is 2.32. The Morgan fingerprint density at radius 1 is 1.24 bits per heavy atom. The molecular weight excluding hydrogens is 320 g/mol. The van der Waals surface area contributed by atoms with Gasteiger partial charge in [-0.3, -0.25) is 0 Å². The molecule has 6 nitrogen and oxygen atoms in total. The van der Waals surface area contributed by atoms with E-state index >= 15 is 0 Å². The molecule has 0 saturated carbocycles. The first-order chi connectivity index (χ1) is 11.9. The predicted molar refractivity (Wildman–Crippen MR) is 95.1 cm³/mol. The molecule has 0 saturated heterocycles. The molecule has 6 heteroatoms. The fourth-order valence-corrected chi connectivity index (χ4v) is 2.51. The summed E-state index contributed by atoms with van der Waals surface area (Å²) in [4.78, 5) is 24.4. The van der Waals surface area contributed by atoms with Crippen molar-refractivity contribution < 1.29 is 19.1 Å². The van der Waals surface area contributed by atoms with Crippen LogP contribution in [-0.2, 0) is 9.53 Å². The lowest BCUT2D eigenvalue weighted by molar-refractivity contribution is -0.140. The first kappa shape index (κ1) is 18.8. The largest absolute Gasteiger partial charge is 0.494 e. The van der Waals surface area contributed by atoms with Gasteiger partial charge < -0.3 is 20.1 Å². The Morgan fingerprint density at radius 2 is 1.92 bits per heavy atom. The van der Waals surface area contributed by atoms with Crippen molar-refractivity contribution in [3.63, 3.8) is 0 Å². The molecular formula is C19H26N2O4. The van der Waals surface area contributed by atoms with Gasteiger partial charge in [-0.1, -0.05) is 32.9 Å². The monoisotopic (exact) mass is 346 g/mol. The zero-order valence-corrected chi connectivity index (χ0v) is 15.2. The number of carbonyl (C=O) groups excluding carboxylic acids is 2. The Balaban J connectivity index is 2.24. The lowest BCUT2D eigenvalue weighted by Gasteiger charge is -2.28. The minimum atomic E-state index is -0.548. The van der Waals surface area contributed by atoms with E-state index in [4.69, 9.17) is 9.47 Å². The summed E-state index contributed by atoms with van der Waals surface area (Å²) in [5.74, 6) is 0.579. The lowest BCUT2D eigenvalue weighted by atomic mass is 9.95. The van der Waals surface area contributed by atoms with E-state index in [-0.39, 0.29) is 11.9 Å². The minimum absolute atomic E-state index is 0.240. The molecule has 0 radical (unpaired) electrons. The van der Waals surface area contributed by atoms with Crippen LogP contribution in [0.15, 0.2) is 35.5 Å². The summed E-state index contributed by atoms with van der Waals surface area (Å²) in [7, 11) is 0. The van der Waals surface area contributed by atoms with Crippen molar-refractivity contribution >= 4 is 12.0 Å². The van der Waals surface area contributed by atoms with Crippen LogP contribution < -0.4 is 15.4 Å². The molecule has 0 aromatic heterocycles. The molecule has 1 atom stereocenters. The normalized spacial score (nSPS) is 17.2. The average molecular weight is 346 g/mol. The van der Waals surface area contributed by atoms with E-state index in [9.17, 15) is 9.59 Å². The zero-order chi connectivity index (χ0) is 18.4. The van der Waals surface area contributed by atoms with Crippen LogP contribution in [0, 0.1) is 5.92 Å². The van der Waals surface area contributed by atoms with Gasteiger partial charge in [-0.15, -0.1) is 0 Å². The quantitative estimate of drug-likeness (QED) is 0.743. The van der Waals surface area contributed by atoms with Gasteiger partial charge in [0.1, 0.15) is 5.75 Å². The molecule has 2 N–H and O–H groups in total. The van der Waals surface area contributed by atoms with Crippen LogP contribution >= 0.6 is 0 Å². The van der Waals surface area contributed by atoms with Gasteiger partial charge in [0.15, 0.2) is 0 Å². The van der Waals surface area contributed by atoms with Crippen LogP contribution in [0.25, 0.3) is 0 Å². The van der Waals surface area contributed by atoms with E-state index in [2.05, 4.69) is 10.6 Å². The maximum Gasteiger partial charge on any atom is 0.338 e. The number of nitrogens with one attached hydrogen (secondary N) is 2. The van der Waals surface area contributed by atoms with E-state index in [1.54, 1.807) is 6.92 Å². The van der Waals surface area contributed by atoms with Crippen LogP contribution in [0.1, 0.15) is 45.7 Å². The number of carbonyl (C=O) groups is 2. The summed E-state index contributed by atoms with van der Waals surface area (Å²) in [6.45, 7) is 8.68. The predicted octanol–water partition coefficient (Wildman–Crippen LogP) is 3.30. The van der Waals surface area contributed by atoms with Crippen molar-refractivity contribution in [1.82, 2.24) is 10.6 Å².